The van der Waals surface area contributed by atoms with Gasteiger partial charge in [0.25, 0.3) is 5.91 Å². The lowest BCUT2D eigenvalue weighted by Gasteiger charge is -2.12. The van der Waals surface area contributed by atoms with E-state index in [1.165, 1.54) is 0 Å². The molecule has 0 saturated heterocycles. The molecule has 0 saturated carbocycles. The fourth-order valence-corrected chi connectivity index (χ4v) is 2.37. The van der Waals surface area contributed by atoms with Gasteiger partial charge in [0.15, 0.2) is 0 Å². The van der Waals surface area contributed by atoms with Crippen LogP contribution in [0.1, 0.15) is 21.5 Å². The van der Waals surface area contributed by atoms with Crippen molar-refractivity contribution in [3.8, 4) is 0 Å². The zero-order valence-electron chi connectivity index (χ0n) is 11.1. The molecule has 0 aliphatic carbocycles. The summed E-state index contributed by atoms with van der Waals surface area (Å²) >= 11 is 12.2. The predicted octanol–water partition coefficient (Wildman–Crippen LogP) is 4.44. The smallest absolute Gasteiger partial charge is 0.255 e. The summed E-state index contributed by atoms with van der Waals surface area (Å²) in [5.74, 6) is -0.296. The number of anilines is 2. The van der Waals surface area contributed by atoms with Gasteiger partial charge in [-0.05, 0) is 49.2 Å². The van der Waals surface area contributed by atoms with E-state index < -0.39 is 0 Å². The van der Waals surface area contributed by atoms with Crippen molar-refractivity contribution in [1.82, 2.24) is 0 Å². The molecule has 2 aromatic rings. The number of carbonyl (C=O) groups excluding carboxylic acids is 1. The summed E-state index contributed by atoms with van der Waals surface area (Å²) in [6.07, 6.45) is 0. The largest absolute Gasteiger partial charge is 0.399 e. The Bertz CT molecular complexity index is 664. The number of hydrogen-bond acceptors (Lipinski definition) is 2. The fraction of sp³-hybridized carbons (Fsp3) is 0.133. The van der Waals surface area contributed by atoms with Crippen molar-refractivity contribution in [1.29, 1.82) is 0 Å². The lowest BCUT2D eigenvalue weighted by Crippen LogP contribution is -2.13. The Hall–Kier alpha value is -1.71. The quantitative estimate of drug-likeness (QED) is 0.806. The Morgan fingerprint density at radius 2 is 1.85 bits per heavy atom. The molecular formula is C15H14Cl2N2O. The number of carbonyl (C=O) groups is 1. The zero-order chi connectivity index (χ0) is 14.9. The van der Waals surface area contributed by atoms with Crippen LogP contribution in [0.5, 0.6) is 0 Å². The number of nitrogen functional groups attached to an aromatic ring is 1. The van der Waals surface area contributed by atoms with Crippen LogP contribution in [-0.2, 0) is 0 Å². The molecule has 3 N–H and O–H groups in total. The molecule has 0 radical (unpaired) electrons. The van der Waals surface area contributed by atoms with E-state index in [-0.39, 0.29) is 5.91 Å². The van der Waals surface area contributed by atoms with Crippen LogP contribution in [0.25, 0.3) is 0 Å². The van der Waals surface area contributed by atoms with Crippen molar-refractivity contribution in [2.45, 2.75) is 13.8 Å². The second-order valence-corrected chi connectivity index (χ2v) is 5.42. The van der Waals surface area contributed by atoms with Gasteiger partial charge >= 0.3 is 0 Å². The van der Waals surface area contributed by atoms with Crippen LogP contribution in [0, 0.1) is 13.8 Å². The van der Waals surface area contributed by atoms with Crippen molar-refractivity contribution in [2.75, 3.05) is 11.1 Å². The van der Waals surface area contributed by atoms with Gasteiger partial charge in [0.1, 0.15) is 0 Å². The molecule has 104 valence electrons. The van der Waals surface area contributed by atoms with Crippen LogP contribution < -0.4 is 11.1 Å². The van der Waals surface area contributed by atoms with E-state index in [1.807, 2.05) is 13.8 Å². The second kappa shape index (κ2) is 5.73. The Kier molecular flexibility index (Phi) is 4.21. The number of nitrogens with one attached hydrogen (secondary N) is 1. The van der Waals surface area contributed by atoms with Crippen molar-refractivity contribution >= 4 is 40.5 Å². The van der Waals surface area contributed by atoms with Crippen LogP contribution in [0.2, 0.25) is 10.0 Å². The van der Waals surface area contributed by atoms with Gasteiger partial charge in [0.05, 0.1) is 15.7 Å². The molecule has 0 aliphatic rings. The van der Waals surface area contributed by atoms with Crippen LogP contribution in [0.15, 0.2) is 30.3 Å². The van der Waals surface area contributed by atoms with Crippen LogP contribution in [-0.4, -0.2) is 5.91 Å². The highest BCUT2D eigenvalue weighted by molar-refractivity contribution is 6.40. The van der Waals surface area contributed by atoms with Gasteiger partial charge in [-0.25, -0.2) is 0 Å². The standard InChI is InChI=1S/C15H14Cl2N2O/c1-8-5-10(7-11(18)6-8)15(20)19-14-12(16)4-3-9(2)13(14)17/h3-7H,18H2,1-2H3,(H,19,20). The Morgan fingerprint density at radius 1 is 1.15 bits per heavy atom. The van der Waals surface area contributed by atoms with Crippen LogP contribution >= 0.6 is 23.2 Å². The minimum absolute atomic E-state index is 0.296. The van der Waals surface area contributed by atoms with Crippen LogP contribution in [0.4, 0.5) is 11.4 Å². The predicted molar refractivity (Wildman–Crippen MR) is 84.7 cm³/mol. The van der Waals surface area contributed by atoms with Crippen LogP contribution in [0.3, 0.4) is 0 Å². The average Bonchev–Trinajstić information content (AvgIpc) is 2.38. The number of benzene rings is 2. The topological polar surface area (TPSA) is 55.1 Å². The molecule has 5 heteroatoms. The minimum Gasteiger partial charge on any atom is -0.399 e. The van der Waals surface area contributed by atoms with Gasteiger partial charge in [-0.3, -0.25) is 4.79 Å². The van der Waals surface area contributed by atoms with E-state index in [9.17, 15) is 4.79 Å². The third-order valence-electron chi connectivity index (χ3n) is 2.88. The molecule has 0 fully saturated rings. The lowest BCUT2D eigenvalue weighted by molar-refractivity contribution is 0.102. The number of halogens is 2. The fourth-order valence-electron chi connectivity index (χ4n) is 1.90. The Labute approximate surface area is 127 Å². The maximum absolute atomic E-state index is 12.3. The molecule has 0 unspecified atom stereocenters. The summed E-state index contributed by atoms with van der Waals surface area (Å²) in [6, 6.07) is 8.65. The molecule has 2 rings (SSSR count). The molecular weight excluding hydrogens is 295 g/mol. The highest BCUT2D eigenvalue weighted by Crippen LogP contribution is 2.33. The number of rotatable bonds is 2. The van der Waals surface area contributed by atoms with E-state index >= 15 is 0 Å². The van der Waals surface area contributed by atoms with E-state index in [1.54, 1.807) is 30.3 Å². The average molecular weight is 309 g/mol. The number of aryl methyl sites for hydroxylation is 2. The third-order valence-corrected chi connectivity index (χ3v) is 3.69. The van der Waals surface area contributed by atoms with E-state index in [0.717, 1.165) is 11.1 Å². The normalized spacial score (nSPS) is 10.4. The van der Waals surface area contributed by atoms with Gasteiger partial charge in [-0.1, -0.05) is 29.3 Å². The molecule has 0 spiro atoms. The number of amides is 1. The molecule has 20 heavy (non-hydrogen) atoms. The van der Waals surface area contributed by atoms with Crippen molar-refractivity contribution in [2.24, 2.45) is 0 Å². The molecule has 1 amide bonds. The first-order chi connectivity index (χ1) is 9.38. The minimum atomic E-state index is -0.296. The molecule has 0 bridgehead atoms. The highest BCUT2D eigenvalue weighted by Gasteiger charge is 2.13. The van der Waals surface area contributed by atoms with Gasteiger partial charge in [0, 0.05) is 11.3 Å². The van der Waals surface area contributed by atoms with E-state index in [0.29, 0.717) is 27.0 Å². The number of nitrogens with two attached hydrogens (primary N) is 1. The Balaban J connectivity index is 2.35. The molecule has 0 aliphatic heterocycles. The molecule has 0 heterocycles. The second-order valence-electron chi connectivity index (χ2n) is 4.64. The summed E-state index contributed by atoms with van der Waals surface area (Å²) in [4.78, 5) is 12.3. The third kappa shape index (κ3) is 3.06. The monoisotopic (exact) mass is 308 g/mol. The molecule has 0 atom stereocenters. The van der Waals surface area contributed by atoms with Gasteiger partial charge in [0.2, 0.25) is 0 Å². The van der Waals surface area contributed by atoms with Gasteiger partial charge in [-0.15, -0.1) is 0 Å². The lowest BCUT2D eigenvalue weighted by atomic mass is 10.1. The first kappa shape index (κ1) is 14.7. The van der Waals surface area contributed by atoms with E-state index in [2.05, 4.69) is 5.32 Å². The molecule has 3 nitrogen and oxygen atoms in total. The zero-order valence-corrected chi connectivity index (χ0v) is 12.6. The summed E-state index contributed by atoms with van der Waals surface area (Å²) < 4.78 is 0. The first-order valence-electron chi connectivity index (χ1n) is 6.01. The van der Waals surface area contributed by atoms with Crippen molar-refractivity contribution in [3.63, 3.8) is 0 Å². The SMILES string of the molecule is Cc1cc(N)cc(C(=O)Nc2c(Cl)ccc(C)c2Cl)c1. The summed E-state index contributed by atoms with van der Waals surface area (Å²) in [6.45, 7) is 3.72. The Morgan fingerprint density at radius 3 is 2.50 bits per heavy atom. The number of hydrogen-bond donors (Lipinski definition) is 2. The summed E-state index contributed by atoms with van der Waals surface area (Å²) in [7, 11) is 0. The first-order valence-corrected chi connectivity index (χ1v) is 6.77. The maximum atomic E-state index is 12.3. The molecule has 0 aromatic heterocycles. The van der Waals surface area contributed by atoms with Crippen molar-refractivity contribution in [3.05, 3.63) is 57.1 Å². The summed E-state index contributed by atoms with van der Waals surface area (Å²) in [5, 5.41) is 3.57. The van der Waals surface area contributed by atoms with Gasteiger partial charge < -0.3 is 11.1 Å². The van der Waals surface area contributed by atoms with Crippen molar-refractivity contribution < 1.29 is 4.79 Å². The molecule has 2 aromatic carbocycles. The highest BCUT2D eigenvalue weighted by atomic mass is 35.5. The summed E-state index contributed by atoms with van der Waals surface area (Å²) in [5.41, 5.74) is 8.92. The van der Waals surface area contributed by atoms with E-state index in [4.69, 9.17) is 28.9 Å². The maximum Gasteiger partial charge on any atom is 0.255 e. The van der Waals surface area contributed by atoms with Gasteiger partial charge in [-0.2, -0.15) is 0 Å².